The predicted octanol–water partition coefficient (Wildman–Crippen LogP) is 4.31. The zero-order chi connectivity index (χ0) is 26.2. The first-order chi connectivity index (χ1) is 18.0. The second kappa shape index (κ2) is 13.3. The molecule has 4 rings (SSSR count). The summed E-state index contributed by atoms with van der Waals surface area (Å²) >= 11 is 5.14. The molecule has 0 spiro atoms. The van der Waals surface area contributed by atoms with E-state index in [0.29, 0.717) is 43.0 Å². The molecule has 1 aliphatic heterocycles. The number of fused-ring (bicyclic) bond motifs is 1. The number of hydrogen-bond donors (Lipinski definition) is 3. The second-order valence-electron chi connectivity index (χ2n) is 9.74. The number of alkyl halides is 2. The summed E-state index contributed by atoms with van der Waals surface area (Å²) in [5.74, 6) is 1.60. The number of carbonyl (C=O) groups is 1. The molecule has 204 valence electrons. The molecule has 1 aliphatic carbocycles. The first-order valence-electron chi connectivity index (χ1n) is 13.2. The number of benzene rings is 1. The van der Waals surface area contributed by atoms with E-state index in [1.165, 1.54) is 32.1 Å². The molecule has 1 amide bonds. The van der Waals surface area contributed by atoms with Crippen LogP contribution in [-0.4, -0.2) is 78.9 Å². The Hall–Kier alpha value is -2.59. The molecule has 3 N–H and O–H groups in total. The molecule has 1 atom stereocenters. The second-order valence-corrected chi connectivity index (χ2v) is 10.1. The SMILES string of the molecule is COc1cc2nc(NCCCNC(=O)C(F)Cl)nc(NC3CCN(C4CCCCC4)CC3)c2cc1OC. The van der Waals surface area contributed by atoms with E-state index in [4.69, 9.17) is 26.1 Å². The lowest BCUT2D eigenvalue weighted by atomic mass is 9.92. The van der Waals surface area contributed by atoms with Crippen molar-refractivity contribution < 1.29 is 18.7 Å². The third-order valence-corrected chi connectivity index (χ3v) is 7.49. The molecule has 1 aromatic heterocycles. The summed E-state index contributed by atoms with van der Waals surface area (Å²) < 4.78 is 23.8. The highest BCUT2D eigenvalue weighted by Crippen LogP contribution is 2.35. The number of methoxy groups -OCH3 is 2. The summed E-state index contributed by atoms with van der Waals surface area (Å²) in [6, 6.07) is 4.82. The summed E-state index contributed by atoms with van der Waals surface area (Å²) in [6.07, 6.45) is 9.43. The summed E-state index contributed by atoms with van der Waals surface area (Å²) in [7, 11) is 3.21. The number of carbonyl (C=O) groups excluding carboxylic acids is 1. The van der Waals surface area contributed by atoms with Crippen molar-refractivity contribution in [3.8, 4) is 11.5 Å². The standard InChI is InChI=1S/C26H38ClFN6O3/c1-36-21-15-19-20(16-22(21)37-2)32-26(30-12-6-11-29-25(35)23(27)28)33-24(19)31-17-9-13-34(14-10-17)18-7-4-3-5-8-18/h15-18,23H,3-14H2,1-2H3,(H,29,35)(H2,30,31,32,33). The summed E-state index contributed by atoms with van der Waals surface area (Å²) in [6.45, 7) is 2.99. The maximum Gasteiger partial charge on any atom is 0.270 e. The maximum absolute atomic E-state index is 12.8. The largest absolute Gasteiger partial charge is 0.493 e. The maximum atomic E-state index is 12.8. The quantitative estimate of drug-likeness (QED) is 0.288. The molecule has 2 aliphatic rings. The van der Waals surface area contributed by atoms with Gasteiger partial charge in [0.25, 0.3) is 11.5 Å². The first-order valence-corrected chi connectivity index (χ1v) is 13.7. The van der Waals surface area contributed by atoms with Crippen molar-refractivity contribution in [2.24, 2.45) is 0 Å². The summed E-state index contributed by atoms with van der Waals surface area (Å²) in [5, 5.41) is 10.2. The minimum Gasteiger partial charge on any atom is -0.493 e. The van der Waals surface area contributed by atoms with Gasteiger partial charge in [-0.15, -0.1) is 0 Å². The zero-order valence-electron chi connectivity index (χ0n) is 21.7. The summed E-state index contributed by atoms with van der Waals surface area (Å²) in [5.41, 5.74) is -1.31. The highest BCUT2D eigenvalue weighted by Gasteiger charge is 2.27. The normalized spacial score (nSPS) is 18.4. The Morgan fingerprint density at radius 3 is 2.46 bits per heavy atom. The van der Waals surface area contributed by atoms with Crippen LogP contribution in [0.15, 0.2) is 12.1 Å². The molecule has 0 bridgehead atoms. The van der Waals surface area contributed by atoms with Crippen molar-refractivity contribution in [3.05, 3.63) is 12.1 Å². The molecular formula is C26H38ClFN6O3. The Bertz CT molecular complexity index is 1040. The highest BCUT2D eigenvalue weighted by atomic mass is 35.5. The van der Waals surface area contributed by atoms with Gasteiger partial charge in [-0.05, 0) is 38.2 Å². The monoisotopic (exact) mass is 536 g/mol. The fraction of sp³-hybridized carbons (Fsp3) is 0.654. The van der Waals surface area contributed by atoms with Crippen molar-refractivity contribution in [2.45, 2.75) is 69.1 Å². The molecule has 2 fully saturated rings. The fourth-order valence-corrected chi connectivity index (χ4v) is 5.35. The van der Waals surface area contributed by atoms with Crippen LogP contribution in [0, 0.1) is 0 Å². The molecule has 2 aromatic rings. The van der Waals surface area contributed by atoms with Crippen molar-refractivity contribution in [3.63, 3.8) is 0 Å². The van der Waals surface area contributed by atoms with E-state index in [9.17, 15) is 9.18 Å². The molecular weight excluding hydrogens is 499 g/mol. The van der Waals surface area contributed by atoms with Crippen LogP contribution in [0.4, 0.5) is 16.2 Å². The average molecular weight is 537 g/mol. The van der Waals surface area contributed by atoms with Crippen molar-refractivity contribution in [1.82, 2.24) is 20.2 Å². The summed E-state index contributed by atoms with van der Waals surface area (Å²) in [4.78, 5) is 23.4. The van der Waals surface area contributed by atoms with Crippen LogP contribution >= 0.6 is 11.6 Å². The van der Waals surface area contributed by atoms with Crippen molar-refractivity contribution in [1.29, 1.82) is 0 Å². The van der Waals surface area contributed by atoms with Gasteiger partial charge in [-0.3, -0.25) is 4.79 Å². The van der Waals surface area contributed by atoms with Crippen LogP contribution in [0.2, 0.25) is 0 Å². The minimum absolute atomic E-state index is 0.294. The van der Waals surface area contributed by atoms with Crippen molar-refractivity contribution >= 4 is 40.2 Å². The highest BCUT2D eigenvalue weighted by molar-refractivity contribution is 6.29. The van der Waals surface area contributed by atoms with Gasteiger partial charge >= 0.3 is 0 Å². The Morgan fingerprint density at radius 1 is 1.08 bits per heavy atom. The van der Waals surface area contributed by atoms with E-state index in [0.717, 1.165) is 48.7 Å². The molecule has 2 heterocycles. The van der Waals surface area contributed by atoms with Gasteiger partial charge in [0.1, 0.15) is 5.82 Å². The zero-order valence-corrected chi connectivity index (χ0v) is 22.5. The third kappa shape index (κ3) is 7.25. The number of ether oxygens (including phenoxy) is 2. The molecule has 1 unspecified atom stereocenters. The Morgan fingerprint density at radius 2 is 1.78 bits per heavy atom. The van der Waals surface area contributed by atoms with E-state index in [2.05, 4.69) is 25.8 Å². The van der Waals surface area contributed by atoms with E-state index in [1.807, 2.05) is 12.1 Å². The number of amides is 1. The number of nitrogens with one attached hydrogen (secondary N) is 3. The molecule has 1 saturated carbocycles. The van der Waals surface area contributed by atoms with Crippen LogP contribution < -0.4 is 25.4 Å². The Labute approximate surface area is 222 Å². The number of rotatable bonds is 11. The van der Waals surface area contributed by atoms with Gasteiger partial charge in [-0.25, -0.2) is 9.37 Å². The van der Waals surface area contributed by atoms with Gasteiger partial charge in [0.05, 0.1) is 19.7 Å². The smallest absolute Gasteiger partial charge is 0.270 e. The average Bonchev–Trinajstić information content (AvgIpc) is 2.92. The number of likely N-dealkylation sites (tertiary alicyclic amines) is 1. The van der Waals surface area contributed by atoms with Crippen LogP contribution in [0.5, 0.6) is 11.5 Å². The van der Waals surface area contributed by atoms with Crippen LogP contribution in [0.1, 0.15) is 51.4 Å². The van der Waals surface area contributed by atoms with Gasteiger partial charge < -0.3 is 30.3 Å². The van der Waals surface area contributed by atoms with Gasteiger partial charge in [0, 0.05) is 49.7 Å². The van der Waals surface area contributed by atoms with Crippen LogP contribution in [0.3, 0.4) is 0 Å². The molecule has 9 nitrogen and oxygen atoms in total. The number of hydrogen-bond acceptors (Lipinski definition) is 8. The number of aromatic nitrogens is 2. The Kier molecular flexibility index (Phi) is 9.85. The number of nitrogens with zero attached hydrogens (tertiary/aromatic N) is 3. The van der Waals surface area contributed by atoms with E-state index >= 15 is 0 Å². The Balaban J connectivity index is 1.45. The lowest BCUT2D eigenvalue weighted by molar-refractivity contribution is -0.123. The third-order valence-electron chi connectivity index (χ3n) is 7.30. The molecule has 11 heteroatoms. The molecule has 1 aromatic carbocycles. The molecule has 1 saturated heterocycles. The number of anilines is 2. The first kappa shape index (κ1) is 27.4. The van der Waals surface area contributed by atoms with Crippen molar-refractivity contribution in [2.75, 3.05) is 51.0 Å². The molecule has 0 radical (unpaired) electrons. The fourth-order valence-electron chi connectivity index (χ4n) is 5.27. The van der Waals surface area contributed by atoms with Gasteiger partial charge in [-0.2, -0.15) is 4.98 Å². The minimum atomic E-state index is -2.04. The van der Waals surface area contributed by atoms with E-state index < -0.39 is 11.5 Å². The molecule has 37 heavy (non-hydrogen) atoms. The van der Waals surface area contributed by atoms with Gasteiger partial charge in [-0.1, -0.05) is 30.9 Å². The number of halogens is 2. The number of piperidine rings is 1. The van der Waals surface area contributed by atoms with Gasteiger partial charge in [0.15, 0.2) is 11.5 Å². The van der Waals surface area contributed by atoms with Crippen LogP contribution in [0.25, 0.3) is 10.9 Å². The van der Waals surface area contributed by atoms with E-state index in [1.54, 1.807) is 14.2 Å². The van der Waals surface area contributed by atoms with Crippen LogP contribution in [-0.2, 0) is 4.79 Å². The van der Waals surface area contributed by atoms with E-state index in [-0.39, 0.29) is 0 Å². The lowest BCUT2D eigenvalue weighted by Gasteiger charge is -2.39. The lowest BCUT2D eigenvalue weighted by Crippen LogP contribution is -2.45. The topological polar surface area (TPSA) is 101 Å². The van der Waals surface area contributed by atoms with Gasteiger partial charge in [0.2, 0.25) is 5.95 Å². The predicted molar refractivity (Wildman–Crippen MR) is 145 cm³/mol.